The number of ketones is 1. The third-order valence-corrected chi connectivity index (χ3v) is 3.63. The summed E-state index contributed by atoms with van der Waals surface area (Å²) in [7, 11) is 0. The molecule has 0 heterocycles. The van der Waals surface area contributed by atoms with E-state index in [2.05, 4.69) is 23.7 Å². The molecule has 1 aromatic carbocycles. The number of carbonyl (C=O) groups excluding carboxylic acids is 3. The minimum absolute atomic E-state index is 0.0684. The second kappa shape index (κ2) is 13.8. The van der Waals surface area contributed by atoms with Gasteiger partial charge in [0.25, 0.3) is 0 Å². The van der Waals surface area contributed by atoms with Crippen molar-refractivity contribution in [1.82, 2.24) is 0 Å². The SMILES string of the molecule is CC(=O)CCC(=O)OCOC(=O)Oc1c(COC(=O)O)cc(COC(=O)O)cc1COC(=O)O. The van der Waals surface area contributed by atoms with E-state index in [1.807, 2.05) is 0 Å². The first kappa shape index (κ1) is 27.5. The third-order valence-electron chi connectivity index (χ3n) is 3.63. The van der Waals surface area contributed by atoms with E-state index >= 15 is 0 Å². The van der Waals surface area contributed by atoms with Crippen LogP contribution in [0.25, 0.3) is 0 Å². The second-order valence-electron chi connectivity index (χ2n) is 6.24. The van der Waals surface area contributed by atoms with E-state index in [1.54, 1.807) is 0 Å². The lowest BCUT2D eigenvalue weighted by Gasteiger charge is -2.16. The van der Waals surface area contributed by atoms with Crippen LogP contribution in [0.4, 0.5) is 19.2 Å². The van der Waals surface area contributed by atoms with Gasteiger partial charge in [-0.15, -0.1) is 0 Å². The van der Waals surface area contributed by atoms with Gasteiger partial charge in [0.15, 0.2) is 0 Å². The Morgan fingerprint density at radius 1 is 0.706 bits per heavy atom. The Bertz CT molecular complexity index is 897. The van der Waals surface area contributed by atoms with Crippen LogP contribution in [0, 0.1) is 0 Å². The highest BCUT2D eigenvalue weighted by Gasteiger charge is 2.20. The van der Waals surface area contributed by atoms with Crippen LogP contribution in [-0.2, 0) is 53.1 Å². The van der Waals surface area contributed by atoms with Crippen LogP contribution in [0.2, 0.25) is 0 Å². The average Bonchev–Trinajstić information content (AvgIpc) is 2.74. The van der Waals surface area contributed by atoms with Crippen LogP contribution >= 0.6 is 0 Å². The van der Waals surface area contributed by atoms with Crippen LogP contribution < -0.4 is 4.74 Å². The molecular formula is C19H20O15. The zero-order valence-corrected chi connectivity index (χ0v) is 17.6. The van der Waals surface area contributed by atoms with E-state index in [4.69, 9.17) is 20.1 Å². The second-order valence-corrected chi connectivity index (χ2v) is 6.24. The van der Waals surface area contributed by atoms with Crippen molar-refractivity contribution in [2.45, 2.75) is 39.6 Å². The summed E-state index contributed by atoms with van der Waals surface area (Å²) in [5.41, 5.74) is -0.142. The number of carbonyl (C=O) groups is 6. The van der Waals surface area contributed by atoms with E-state index < -0.39 is 63.0 Å². The number of benzene rings is 1. The Morgan fingerprint density at radius 3 is 1.68 bits per heavy atom. The number of hydrogen-bond donors (Lipinski definition) is 3. The van der Waals surface area contributed by atoms with Gasteiger partial charge in [0.1, 0.15) is 31.4 Å². The maximum atomic E-state index is 12.0. The molecule has 3 N–H and O–H groups in total. The van der Waals surface area contributed by atoms with Crippen molar-refractivity contribution in [1.29, 1.82) is 0 Å². The van der Waals surface area contributed by atoms with Gasteiger partial charge < -0.3 is 48.5 Å². The molecule has 0 aliphatic rings. The Labute approximate surface area is 190 Å². The van der Waals surface area contributed by atoms with Crippen molar-refractivity contribution < 1.29 is 72.5 Å². The number of esters is 1. The van der Waals surface area contributed by atoms with E-state index in [9.17, 15) is 28.8 Å². The van der Waals surface area contributed by atoms with E-state index in [0.717, 1.165) is 0 Å². The molecule has 0 aliphatic heterocycles. The molecule has 0 saturated carbocycles. The number of carboxylic acid groups (broad SMARTS) is 3. The number of rotatable bonds is 12. The first-order chi connectivity index (χ1) is 16.0. The topological polar surface area (TPSA) is 218 Å². The van der Waals surface area contributed by atoms with Crippen molar-refractivity contribution in [3.05, 3.63) is 28.8 Å². The van der Waals surface area contributed by atoms with Crippen molar-refractivity contribution >= 4 is 36.4 Å². The minimum atomic E-state index is -1.69. The summed E-state index contributed by atoms with van der Waals surface area (Å²) >= 11 is 0. The summed E-state index contributed by atoms with van der Waals surface area (Å²) in [4.78, 5) is 66.5. The average molecular weight is 488 g/mol. The summed E-state index contributed by atoms with van der Waals surface area (Å²) in [5.74, 6) is -1.48. The quantitative estimate of drug-likeness (QED) is 0.167. The normalized spacial score (nSPS) is 9.91. The van der Waals surface area contributed by atoms with Crippen molar-refractivity contribution in [2.75, 3.05) is 6.79 Å². The van der Waals surface area contributed by atoms with Crippen molar-refractivity contribution in [3.8, 4) is 5.75 Å². The standard InChI is InChI=1S/C19H20O15/c1-10(20)2-3-14(21)32-9-33-19(28)34-15-12(7-30-17(24)25)4-11(6-29-16(22)23)5-13(15)8-31-18(26)27/h4-5H,2-3,6-9H2,1H3,(H,22,23)(H,24,25)(H,26,27). The van der Waals surface area contributed by atoms with Gasteiger partial charge in [-0.05, 0) is 24.6 Å². The molecule has 0 fully saturated rings. The fourth-order valence-corrected chi connectivity index (χ4v) is 2.29. The number of hydrogen-bond acceptors (Lipinski definition) is 12. The molecule has 0 aliphatic carbocycles. The predicted molar refractivity (Wildman–Crippen MR) is 103 cm³/mol. The lowest BCUT2D eigenvalue weighted by atomic mass is 10.0. The van der Waals surface area contributed by atoms with E-state index in [-0.39, 0.29) is 35.3 Å². The molecule has 1 aromatic rings. The zero-order chi connectivity index (χ0) is 25.7. The molecule has 186 valence electrons. The Morgan fingerprint density at radius 2 is 1.21 bits per heavy atom. The van der Waals surface area contributed by atoms with Gasteiger partial charge in [0.05, 0.1) is 6.42 Å². The maximum absolute atomic E-state index is 12.0. The summed E-state index contributed by atoms with van der Waals surface area (Å²) in [6, 6.07) is 2.36. The van der Waals surface area contributed by atoms with Gasteiger partial charge in [-0.1, -0.05) is 0 Å². The maximum Gasteiger partial charge on any atom is 0.516 e. The van der Waals surface area contributed by atoms with E-state index in [0.29, 0.717) is 0 Å². The van der Waals surface area contributed by atoms with Crippen molar-refractivity contribution in [2.24, 2.45) is 0 Å². The zero-order valence-electron chi connectivity index (χ0n) is 17.6. The van der Waals surface area contributed by atoms with Gasteiger partial charge >= 0.3 is 30.6 Å². The summed E-state index contributed by atoms with van der Waals surface area (Å²) in [6.07, 6.45) is -6.74. The molecule has 0 saturated heterocycles. The first-order valence-electron chi connectivity index (χ1n) is 9.19. The molecule has 0 amide bonds. The molecule has 0 aromatic heterocycles. The monoisotopic (exact) mass is 488 g/mol. The molecular weight excluding hydrogens is 468 g/mol. The third kappa shape index (κ3) is 11.2. The molecule has 15 nitrogen and oxygen atoms in total. The fourth-order valence-electron chi connectivity index (χ4n) is 2.29. The van der Waals surface area contributed by atoms with Gasteiger partial charge in [0.2, 0.25) is 6.79 Å². The molecule has 34 heavy (non-hydrogen) atoms. The Kier molecular flexibility index (Phi) is 11.1. The molecule has 1 rings (SSSR count). The van der Waals surface area contributed by atoms with Gasteiger partial charge in [-0.2, -0.15) is 0 Å². The molecule has 15 heteroatoms. The van der Waals surface area contributed by atoms with Crippen LogP contribution in [0.15, 0.2) is 12.1 Å². The molecule has 0 bridgehead atoms. The van der Waals surface area contributed by atoms with Gasteiger partial charge in [0, 0.05) is 17.5 Å². The summed E-state index contributed by atoms with van der Waals surface area (Å²) in [5, 5.41) is 26.2. The number of ether oxygens (including phenoxy) is 6. The van der Waals surface area contributed by atoms with Gasteiger partial charge in [-0.25, -0.2) is 19.2 Å². The summed E-state index contributed by atoms with van der Waals surface area (Å²) < 4.78 is 27.5. The molecule has 0 radical (unpaired) electrons. The van der Waals surface area contributed by atoms with Crippen molar-refractivity contribution in [3.63, 3.8) is 0 Å². The molecule has 0 spiro atoms. The van der Waals surface area contributed by atoms with E-state index in [1.165, 1.54) is 19.1 Å². The number of Topliss-reactive ketones (excluding diaryl/α,β-unsaturated/α-hetero) is 1. The van der Waals surface area contributed by atoms with Crippen LogP contribution in [0.5, 0.6) is 5.75 Å². The largest absolute Gasteiger partial charge is 0.516 e. The predicted octanol–water partition coefficient (Wildman–Crippen LogP) is 2.66. The van der Waals surface area contributed by atoms with Crippen LogP contribution in [-0.4, -0.2) is 58.5 Å². The lowest BCUT2D eigenvalue weighted by molar-refractivity contribution is -0.153. The lowest BCUT2D eigenvalue weighted by Crippen LogP contribution is -2.18. The smallest absolute Gasteiger partial charge is 0.450 e. The fraction of sp³-hybridized carbons (Fsp3) is 0.368. The van der Waals surface area contributed by atoms with Crippen LogP contribution in [0.1, 0.15) is 36.5 Å². The van der Waals surface area contributed by atoms with Gasteiger partial charge in [-0.3, -0.25) is 4.79 Å². The highest BCUT2D eigenvalue weighted by Crippen LogP contribution is 2.29. The Hall–Kier alpha value is -4.56. The first-order valence-corrected chi connectivity index (χ1v) is 9.19. The highest BCUT2D eigenvalue weighted by molar-refractivity contribution is 5.81. The van der Waals surface area contributed by atoms with Crippen LogP contribution in [0.3, 0.4) is 0 Å². The molecule has 0 unspecified atom stereocenters. The minimum Gasteiger partial charge on any atom is -0.450 e. The highest BCUT2D eigenvalue weighted by atomic mass is 16.8. The summed E-state index contributed by atoms with van der Waals surface area (Å²) in [6.45, 7) is -1.51. The molecule has 0 atom stereocenters. The Balaban J connectivity index is 3.05.